The summed E-state index contributed by atoms with van der Waals surface area (Å²) in [6.07, 6.45) is 1.76. The van der Waals surface area contributed by atoms with Crippen LogP contribution in [-0.4, -0.2) is 38.5 Å². The zero-order valence-corrected chi connectivity index (χ0v) is 9.01. The number of hydrogen-bond donors (Lipinski definition) is 0. The molecule has 2 radical (unpaired) electrons. The number of halogens is 1. The molecule has 1 aliphatic rings. The van der Waals surface area contributed by atoms with Gasteiger partial charge in [-0.3, -0.25) is 0 Å². The van der Waals surface area contributed by atoms with Gasteiger partial charge in [0.1, 0.15) is 5.03 Å². The van der Waals surface area contributed by atoms with Crippen LogP contribution in [0.1, 0.15) is 19.8 Å². The molecule has 0 aliphatic carbocycles. The van der Waals surface area contributed by atoms with Crippen molar-refractivity contribution in [3.05, 3.63) is 10.6 Å². The zero-order valence-electron chi connectivity index (χ0n) is 8.25. The van der Waals surface area contributed by atoms with Crippen LogP contribution in [0.3, 0.4) is 0 Å². The van der Waals surface area contributed by atoms with Gasteiger partial charge < -0.3 is 9.55 Å². The fourth-order valence-corrected chi connectivity index (χ4v) is 1.63. The van der Waals surface area contributed by atoms with E-state index in [0.29, 0.717) is 13.2 Å². The number of carbonyl (C=O) groups excluding carboxylic acids is 1. The molecule has 1 fully saturated rings. The van der Waals surface area contributed by atoms with Crippen LogP contribution in [0.2, 0.25) is 0 Å². The summed E-state index contributed by atoms with van der Waals surface area (Å²) in [6, 6.07) is 0. The van der Waals surface area contributed by atoms with Crippen LogP contribution in [-0.2, 0) is 9.53 Å². The highest BCUT2D eigenvalue weighted by Crippen LogP contribution is 2.21. The lowest BCUT2D eigenvalue weighted by molar-refractivity contribution is -0.137. The molecular weight excluding hydrogens is 200 g/mol. The van der Waals surface area contributed by atoms with Crippen LogP contribution in [0, 0.1) is 0 Å². The molecule has 0 N–H and O–H groups in total. The Morgan fingerprint density at radius 2 is 2.43 bits per heavy atom. The average Bonchev–Trinajstić information content (AvgIpc) is 2.17. The van der Waals surface area contributed by atoms with Crippen molar-refractivity contribution in [1.29, 1.82) is 0 Å². The first-order chi connectivity index (χ1) is 6.65. The van der Waals surface area contributed by atoms with Crippen molar-refractivity contribution in [3.8, 4) is 0 Å². The van der Waals surface area contributed by atoms with E-state index in [1.165, 1.54) is 0 Å². The molecule has 1 rings (SSSR count). The van der Waals surface area contributed by atoms with Crippen LogP contribution < -0.4 is 0 Å². The molecular formula is C9H13BClNO2. The maximum absolute atomic E-state index is 11.3. The Labute approximate surface area is 90.5 Å². The van der Waals surface area contributed by atoms with Gasteiger partial charge >= 0.3 is 5.97 Å². The summed E-state index contributed by atoms with van der Waals surface area (Å²) in [5.74, 6) is -0.445. The van der Waals surface area contributed by atoms with Gasteiger partial charge in [0.05, 0.1) is 6.61 Å². The van der Waals surface area contributed by atoms with Crippen LogP contribution in [0.4, 0.5) is 0 Å². The second-order valence-corrected chi connectivity index (χ2v) is 3.59. The third-order valence-electron chi connectivity index (χ3n) is 2.08. The van der Waals surface area contributed by atoms with Gasteiger partial charge in [0.25, 0.3) is 0 Å². The summed E-state index contributed by atoms with van der Waals surface area (Å²) in [5.41, 5.74) is 0.874. The molecule has 1 aliphatic heterocycles. The van der Waals surface area contributed by atoms with Crippen molar-refractivity contribution in [3.63, 3.8) is 0 Å². The standard InChI is InChI=1S/C9H13BClNO2/c1-2-14-9(13)8(11)7-4-3-5-12(10)6-7/h2-6H2,1H3. The molecule has 0 unspecified atom stereocenters. The normalized spacial score (nSPS) is 21.9. The Hall–Kier alpha value is -0.475. The molecule has 0 aromatic carbocycles. The Morgan fingerprint density at radius 1 is 1.71 bits per heavy atom. The number of rotatable bonds is 2. The molecule has 0 atom stereocenters. The predicted octanol–water partition coefficient (Wildman–Crippen LogP) is 1.22. The highest BCUT2D eigenvalue weighted by molar-refractivity contribution is 6.41. The smallest absolute Gasteiger partial charge is 0.349 e. The maximum atomic E-state index is 11.3. The molecule has 0 saturated carbocycles. The number of esters is 1. The van der Waals surface area contributed by atoms with Gasteiger partial charge in [-0.25, -0.2) is 4.79 Å². The first kappa shape index (κ1) is 11.6. The van der Waals surface area contributed by atoms with E-state index >= 15 is 0 Å². The Bertz CT molecular complexity index is 255. The second-order valence-electron chi connectivity index (χ2n) is 3.21. The third kappa shape index (κ3) is 3.03. The molecule has 1 saturated heterocycles. The largest absolute Gasteiger partial charge is 0.462 e. The quantitative estimate of drug-likeness (QED) is 0.392. The first-order valence-corrected chi connectivity index (χ1v) is 5.07. The number of carbonyl (C=O) groups is 1. The van der Waals surface area contributed by atoms with E-state index < -0.39 is 5.97 Å². The number of hydrogen-bond acceptors (Lipinski definition) is 3. The number of nitrogens with zero attached hydrogens (tertiary/aromatic N) is 1. The Kier molecular flexibility index (Phi) is 4.49. The van der Waals surface area contributed by atoms with E-state index in [1.54, 1.807) is 11.7 Å². The van der Waals surface area contributed by atoms with E-state index in [9.17, 15) is 4.79 Å². The van der Waals surface area contributed by atoms with E-state index in [-0.39, 0.29) is 5.03 Å². The van der Waals surface area contributed by atoms with E-state index in [0.717, 1.165) is 25.0 Å². The van der Waals surface area contributed by atoms with Gasteiger partial charge in [-0.1, -0.05) is 11.6 Å². The van der Waals surface area contributed by atoms with Gasteiger partial charge in [0, 0.05) is 6.54 Å². The molecule has 0 aromatic rings. The van der Waals surface area contributed by atoms with Crippen LogP contribution >= 0.6 is 11.6 Å². The van der Waals surface area contributed by atoms with E-state index in [4.69, 9.17) is 24.3 Å². The molecule has 14 heavy (non-hydrogen) atoms. The predicted molar refractivity (Wildman–Crippen MR) is 56.1 cm³/mol. The SMILES string of the molecule is [B]N1CCCC(=C(Cl)C(=O)OCC)C1. The minimum Gasteiger partial charge on any atom is -0.462 e. The van der Waals surface area contributed by atoms with E-state index in [2.05, 4.69) is 0 Å². The fourth-order valence-electron chi connectivity index (χ4n) is 1.42. The summed E-state index contributed by atoms with van der Waals surface area (Å²) in [7, 11) is 5.63. The molecule has 76 valence electrons. The van der Waals surface area contributed by atoms with Crippen molar-refractivity contribution in [2.75, 3.05) is 19.7 Å². The lowest BCUT2D eigenvalue weighted by atomic mass is 10.0. The van der Waals surface area contributed by atoms with Gasteiger partial charge in [-0.2, -0.15) is 0 Å². The number of ether oxygens (including phenoxy) is 1. The Balaban J connectivity index is 2.66. The lowest BCUT2D eigenvalue weighted by Gasteiger charge is -2.25. The summed E-state index contributed by atoms with van der Waals surface area (Å²) in [4.78, 5) is 12.9. The molecule has 5 heteroatoms. The molecule has 0 bridgehead atoms. The van der Waals surface area contributed by atoms with Crippen molar-refractivity contribution < 1.29 is 9.53 Å². The number of piperidine rings is 1. The highest BCUT2D eigenvalue weighted by atomic mass is 35.5. The summed E-state index contributed by atoms with van der Waals surface area (Å²) < 4.78 is 4.80. The maximum Gasteiger partial charge on any atom is 0.349 e. The molecule has 1 heterocycles. The van der Waals surface area contributed by atoms with Crippen LogP contribution in [0.25, 0.3) is 0 Å². The lowest BCUT2D eigenvalue weighted by Crippen LogP contribution is -2.29. The monoisotopic (exact) mass is 213 g/mol. The fraction of sp³-hybridized carbons (Fsp3) is 0.667. The van der Waals surface area contributed by atoms with Crippen molar-refractivity contribution in [2.24, 2.45) is 0 Å². The van der Waals surface area contributed by atoms with Crippen molar-refractivity contribution in [2.45, 2.75) is 19.8 Å². The molecule has 0 amide bonds. The zero-order chi connectivity index (χ0) is 10.6. The van der Waals surface area contributed by atoms with Gasteiger partial charge in [0.2, 0.25) is 0 Å². The third-order valence-corrected chi connectivity index (χ3v) is 2.50. The highest BCUT2D eigenvalue weighted by Gasteiger charge is 2.18. The van der Waals surface area contributed by atoms with Crippen molar-refractivity contribution >= 4 is 25.6 Å². The minimum atomic E-state index is -0.445. The summed E-state index contributed by atoms with van der Waals surface area (Å²) in [5, 5.41) is 0.196. The molecule has 0 spiro atoms. The van der Waals surface area contributed by atoms with E-state index in [1.807, 2.05) is 0 Å². The first-order valence-electron chi connectivity index (χ1n) is 4.69. The van der Waals surface area contributed by atoms with Gasteiger partial charge in [-0.05, 0) is 31.9 Å². The topological polar surface area (TPSA) is 29.5 Å². The minimum absolute atomic E-state index is 0.196. The summed E-state index contributed by atoms with van der Waals surface area (Å²) >= 11 is 5.88. The van der Waals surface area contributed by atoms with Crippen LogP contribution in [0.5, 0.6) is 0 Å². The average molecular weight is 213 g/mol. The van der Waals surface area contributed by atoms with Gasteiger partial charge in [0.15, 0.2) is 7.98 Å². The molecule has 0 aromatic heterocycles. The molecule has 3 nitrogen and oxygen atoms in total. The Morgan fingerprint density at radius 3 is 3.00 bits per heavy atom. The van der Waals surface area contributed by atoms with Crippen LogP contribution in [0.15, 0.2) is 10.6 Å². The van der Waals surface area contributed by atoms with Gasteiger partial charge in [-0.15, -0.1) is 0 Å². The summed E-state index contributed by atoms with van der Waals surface area (Å²) in [6.45, 7) is 3.49. The second kappa shape index (κ2) is 5.42. The van der Waals surface area contributed by atoms with Crippen molar-refractivity contribution in [1.82, 2.24) is 4.81 Å².